The second-order valence-electron chi connectivity index (χ2n) is 15.2. The Morgan fingerprint density at radius 3 is 2.18 bits per heavy atom. The van der Waals surface area contributed by atoms with Gasteiger partial charge in [0.05, 0.1) is 6.10 Å². The summed E-state index contributed by atoms with van der Waals surface area (Å²) in [6, 6.07) is 0. The number of fused-ring (bicyclic) bond motifs is 7. The zero-order chi connectivity index (χ0) is 24.2. The van der Waals surface area contributed by atoms with Crippen LogP contribution in [0.4, 0.5) is 0 Å². The van der Waals surface area contributed by atoms with Crippen LogP contribution in [0.1, 0.15) is 113 Å². The van der Waals surface area contributed by atoms with Crippen molar-refractivity contribution < 1.29 is 15.0 Å². The first-order valence-corrected chi connectivity index (χ1v) is 14.0. The van der Waals surface area contributed by atoms with Crippen molar-refractivity contribution in [2.75, 3.05) is 6.61 Å². The summed E-state index contributed by atoms with van der Waals surface area (Å²) in [4.78, 5) is 12.7. The molecule has 11 atom stereocenters. The highest BCUT2D eigenvalue weighted by molar-refractivity contribution is 5.82. The highest BCUT2D eigenvalue weighted by Crippen LogP contribution is 2.78. The monoisotopic (exact) mass is 458 g/mol. The maximum Gasteiger partial charge on any atom is 0.136 e. The molecule has 5 aliphatic carbocycles. The van der Waals surface area contributed by atoms with Crippen LogP contribution in [0.2, 0.25) is 0 Å². The maximum absolute atomic E-state index is 12.7. The van der Waals surface area contributed by atoms with E-state index in [0.29, 0.717) is 23.5 Å². The summed E-state index contributed by atoms with van der Waals surface area (Å²) < 4.78 is 0. The summed E-state index contributed by atoms with van der Waals surface area (Å²) in [5, 5.41) is 22.3. The van der Waals surface area contributed by atoms with Gasteiger partial charge in [-0.15, -0.1) is 0 Å². The van der Waals surface area contributed by atoms with Gasteiger partial charge in [0.2, 0.25) is 0 Å². The molecule has 0 heterocycles. The molecular formula is C30H50O3. The minimum Gasteiger partial charge on any atom is -0.396 e. The Kier molecular flexibility index (Phi) is 5.22. The third kappa shape index (κ3) is 2.85. The SMILES string of the molecule is C[C@H]1C(=O)CC[C@@H]2[C@]3(C)CC[C@@]4(C)[C@@H]5C[C@](C)(CO)CC[C@]5(C)C[C@H](O)[C@]4(C)[C@H]3CC[C@]21C. The molecule has 5 rings (SSSR count). The Morgan fingerprint density at radius 1 is 0.818 bits per heavy atom. The fraction of sp³-hybridized carbons (Fsp3) is 0.967. The summed E-state index contributed by atoms with van der Waals surface area (Å²) in [6.45, 7) is 17.2. The predicted octanol–water partition coefficient (Wildman–Crippen LogP) is 6.40. The average molecular weight is 459 g/mol. The van der Waals surface area contributed by atoms with Crippen molar-refractivity contribution in [3.05, 3.63) is 0 Å². The molecule has 3 heteroatoms. The summed E-state index contributed by atoms with van der Waals surface area (Å²) in [7, 11) is 0. The van der Waals surface area contributed by atoms with Crippen molar-refractivity contribution in [1.29, 1.82) is 0 Å². The van der Waals surface area contributed by atoms with Crippen LogP contribution in [-0.2, 0) is 4.79 Å². The number of hydrogen-bond donors (Lipinski definition) is 2. The van der Waals surface area contributed by atoms with E-state index in [-0.39, 0.29) is 51.1 Å². The summed E-state index contributed by atoms with van der Waals surface area (Å²) in [5.41, 5.74) is 0.472. The third-order valence-corrected chi connectivity index (χ3v) is 14.0. The van der Waals surface area contributed by atoms with Gasteiger partial charge in [-0.3, -0.25) is 4.79 Å². The van der Waals surface area contributed by atoms with E-state index in [1.165, 1.54) is 12.8 Å². The fourth-order valence-corrected chi connectivity index (χ4v) is 11.3. The van der Waals surface area contributed by atoms with Gasteiger partial charge in [-0.05, 0) is 103 Å². The van der Waals surface area contributed by atoms with Crippen molar-refractivity contribution in [3.8, 4) is 0 Å². The van der Waals surface area contributed by atoms with Gasteiger partial charge in [-0.1, -0.05) is 48.5 Å². The standard InChI is InChI=1S/C30H50O3/c1-19-20(32)8-9-21-27(19,4)11-10-22-28(21,5)14-15-29(6)23-16-25(2,18-31)12-13-26(23,3)17-24(33)30(22,29)7/h19,21-24,31,33H,8-18H2,1-7H3/t19-,21-,22-,23+,24-,25+,26+,27-,28-,29-,30-/m0/s1. The van der Waals surface area contributed by atoms with Gasteiger partial charge >= 0.3 is 0 Å². The van der Waals surface area contributed by atoms with Gasteiger partial charge in [0.1, 0.15) is 5.78 Å². The molecule has 0 bridgehead atoms. The van der Waals surface area contributed by atoms with Gasteiger partial charge in [0.15, 0.2) is 0 Å². The molecule has 5 fully saturated rings. The Hall–Kier alpha value is -0.410. The second kappa shape index (κ2) is 7.09. The lowest BCUT2D eigenvalue weighted by Crippen LogP contribution is -2.71. The van der Waals surface area contributed by atoms with Gasteiger partial charge in [-0.2, -0.15) is 0 Å². The molecule has 0 amide bonds. The van der Waals surface area contributed by atoms with Crippen molar-refractivity contribution in [3.63, 3.8) is 0 Å². The van der Waals surface area contributed by atoms with E-state index < -0.39 is 0 Å². The van der Waals surface area contributed by atoms with Crippen LogP contribution < -0.4 is 0 Å². The molecule has 0 aromatic heterocycles. The minimum absolute atomic E-state index is 0.0153. The summed E-state index contributed by atoms with van der Waals surface area (Å²) in [5.74, 6) is 2.27. The Balaban J connectivity index is 1.58. The zero-order valence-electron chi connectivity index (χ0n) is 22.5. The van der Waals surface area contributed by atoms with Crippen LogP contribution in [0, 0.1) is 56.2 Å². The van der Waals surface area contributed by atoms with Crippen LogP contribution >= 0.6 is 0 Å². The van der Waals surface area contributed by atoms with E-state index in [4.69, 9.17) is 0 Å². The number of rotatable bonds is 1. The molecule has 0 spiro atoms. The molecule has 0 aliphatic heterocycles. The molecule has 0 unspecified atom stereocenters. The number of aliphatic hydroxyl groups excluding tert-OH is 2. The van der Waals surface area contributed by atoms with Gasteiger partial charge in [-0.25, -0.2) is 0 Å². The highest BCUT2D eigenvalue weighted by Gasteiger charge is 2.73. The van der Waals surface area contributed by atoms with Crippen LogP contribution in [0.15, 0.2) is 0 Å². The van der Waals surface area contributed by atoms with E-state index in [1.807, 2.05) is 0 Å². The number of ketones is 1. The van der Waals surface area contributed by atoms with Crippen molar-refractivity contribution >= 4 is 5.78 Å². The second-order valence-corrected chi connectivity index (χ2v) is 15.2. The number of carbonyl (C=O) groups excluding carboxylic acids is 1. The first-order valence-electron chi connectivity index (χ1n) is 14.0. The lowest BCUT2D eigenvalue weighted by atomic mass is 9.29. The molecule has 0 radical (unpaired) electrons. The molecule has 0 saturated heterocycles. The van der Waals surface area contributed by atoms with Gasteiger partial charge in [0, 0.05) is 24.4 Å². The molecule has 188 valence electrons. The molecule has 3 nitrogen and oxygen atoms in total. The number of Topliss-reactive ketones (excluding diaryl/α,β-unsaturated/α-hetero) is 1. The molecular weight excluding hydrogens is 408 g/mol. The quantitative estimate of drug-likeness (QED) is 0.478. The lowest BCUT2D eigenvalue weighted by Gasteiger charge is -2.75. The Morgan fingerprint density at radius 2 is 1.52 bits per heavy atom. The molecule has 0 aromatic rings. The van der Waals surface area contributed by atoms with E-state index in [1.54, 1.807) is 0 Å². The number of aliphatic hydroxyl groups is 2. The third-order valence-electron chi connectivity index (χ3n) is 14.0. The van der Waals surface area contributed by atoms with E-state index in [9.17, 15) is 15.0 Å². The van der Waals surface area contributed by atoms with Gasteiger partial charge < -0.3 is 10.2 Å². The summed E-state index contributed by atoms with van der Waals surface area (Å²) in [6.07, 6.45) is 10.4. The molecule has 0 aromatic carbocycles. The maximum atomic E-state index is 12.7. The van der Waals surface area contributed by atoms with Crippen molar-refractivity contribution in [1.82, 2.24) is 0 Å². The van der Waals surface area contributed by atoms with Crippen LogP contribution in [0.5, 0.6) is 0 Å². The average Bonchev–Trinajstić information content (AvgIpc) is 2.76. The highest BCUT2D eigenvalue weighted by atomic mass is 16.3. The fourth-order valence-electron chi connectivity index (χ4n) is 11.3. The Labute approximate surface area is 202 Å². The number of hydrogen-bond acceptors (Lipinski definition) is 3. The van der Waals surface area contributed by atoms with E-state index in [0.717, 1.165) is 51.4 Å². The largest absolute Gasteiger partial charge is 0.396 e. The van der Waals surface area contributed by atoms with Crippen LogP contribution in [0.25, 0.3) is 0 Å². The molecule has 5 saturated carbocycles. The van der Waals surface area contributed by atoms with Crippen LogP contribution in [-0.4, -0.2) is 28.7 Å². The Bertz CT molecular complexity index is 838. The molecule has 33 heavy (non-hydrogen) atoms. The smallest absolute Gasteiger partial charge is 0.136 e. The molecule has 5 aliphatic rings. The first-order chi connectivity index (χ1) is 15.2. The van der Waals surface area contributed by atoms with Gasteiger partial charge in [0.25, 0.3) is 0 Å². The van der Waals surface area contributed by atoms with Crippen LogP contribution in [0.3, 0.4) is 0 Å². The predicted molar refractivity (Wildman–Crippen MR) is 133 cm³/mol. The first kappa shape index (κ1) is 24.3. The normalized spacial score (nSPS) is 60.9. The minimum atomic E-state index is -0.265. The number of carbonyl (C=O) groups is 1. The summed E-state index contributed by atoms with van der Waals surface area (Å²) >= 11 is 0. The van der Waals surface area contributed by atoms with E-state index >= 15 is 0 Å². The van der Waals surface area contributed by atoms with Crippen molar-refractivity contribution in [2.45, 2.75) is 119 Å². The van der Waals surface area contributed by atoms with E-state index in [2.05, 4.69) is 48.5 Å². The zero-order valence-corrected chi connectivity index (χ0v) is 22.5. The topological polar surface area (TPSA) is 57.5 Å². The molecule has 2 N–H and O–H groups in total. The lowest BCUT2D eigenvalue weighted by molar-refractivity contribution is -0.292. The van der Waals surface area contributed by atoms with Crippen molar-refractivity contribution in [2.24, 2.45) is 56.2 Å².